The Bertz CT molecular complexity index is 326. The molecule has 0 atom stereocenters. The standard InChI is InChI=1S/C10H12N2/c1-3-10(6-7-10)9-5-8-11-12(9)4-2/h1,5,8H,4,6-7H2,2H3. The van der Waals surface area contributed by atoms with Crippen LogP contribution in [0.2, 0.25) is 0 Å². The van der Waals surface area contributed by atoms with Gasteiger partial charge in [0.1, 0.15) is 0 Å². The largest absolute Gasteiger partial charge is 0.268 e. The molecule has 0 unspecified atom stereocenters. The van der Waals surface area contributed by atoms with E-state index in [-0.39, 0.29) is 5.41 Å². The number of rotatable bonds is 2. The van der Waals surface area contributed by atoms with E-state index in [1.165, 1.54) is 5.69 Å². The Hall–Kier alpha value is -1.23. The summed E-state index contributed by atoms with van der Waals surface area (Å²) in [4.78, 5) is 0. The summed E-state index contributed by atoms with van der Waals surface area (Å²) in [5.74, 6) is 2.87. The third-order valence-corrected chi connectivity index (χ3v) is 2.53. The molecule has 1 aromatic heterocycles. The molecular weight excluding hydrogens is 148 g/mol. The molecule has 2 rings (SSSR count). The molecule has 1 aliphatic carbocycles. The highest BCUT2D eigenvalue weighted by Crippen LogP contribution is 2.47. The summed E-state index contributed by atoms with van der Waals surface area (Å²) in [6.45, 7) is 2.99. The van der Waals surface area contributed by atoms with Crippen LogP contribution < -0.4 is 0 Å². The van der Waals surface area contributed by atoms with Crippen molar-refractivity contribution in [3.05, 3.63) is 18.0 Å². The summed E-state index contributed by atoms with van der Waals surface area (Å²) in [6, 6.07) is 2.04. The van der Waals surface area contributed by atoms with E-state index < -0.39 is 0 Å². The smallest absolute Gasteiger partial charge is 0.0730 e. The third kappa shape index (κ3) is 0.863. The summed E-state index contributed by atoms with van der Waals surface area (Å²) in [5.41, 5.74) is 1.25. The van der Waals surface area contributed by atoms with Crippen molar-refractivity contribution < 1.29 is 0 Å². The quantitative estimate of drug-likeness (QED) is 0.600. The minimum atomic E-state index is 0.0342. The maximum Gasteiger partial charge on any atom is 0.0730 e. The van der Waals surface area contributed by atoms with Crippen LogP contribution in [-0.2, 0) is 12.0 Å². The Morgan fingerprint density at radius 2 is 2.50 bits per heavy atom. The van der Waals surface area contributed by atoms with Crippen LogP contribution in [0, 0.1) is 12.3 Å². The van der Waals surface area contributed by atoms with Crippen molar-refractivity contribution in [3.8, 4) is 12.3 Å². The van der Waals surface area contributed by atoms with Gasteiger partial charge in [-0.25, -0.2) is 0 Å². The van der Waals surface area contributed by atoms with Gasteiger partial charge in [0.2, 0.25) is 0 Å². The van der Waals surface area contributed by atoms with E-state index in [9.17, 15) is 0 Å². The molecule has 2 nitrogen and oxygen atoms in total. The fourth-order valence-corrected chi connectivity index (χ4v) is 1.59. The first-order valence-corrected chi connectivity index (χ1v) is 4.32. The van der Waals surface area contributed by atoms with Crippen molar-refractivity contribution in [1.29, 1.82) is 0 Å². The van der Waals surface area contributed by atoms with Gasteiger partial charge in [-0.2, -0.15) is 5.10 Å². The van der Waals surface area contributed by atoms with Gasteiger partial charge in [-0.3, -0.25) is 4.68 Å². The Labute approximate surface area is 72.6 Å². The van der Waals surface area contributed by atoms with Gasteiger partial charge in [-0.1, -0.05) is 5.92 Å². The molecule has 0 bridgehead atoms. The van der Waals surface area contributed by atoms with Gasteiger partial charge in [0.05, 0.1) is 11.1 Å². The van der Waals surface area contributed by atoms with Crippen LogP contribution in [0.5, 0.6) is 0 Å². The molecule has 0 aromatic carbocycles. The van der Waals surface area contributed by atoms with Gasteiger partial charge >= 0.3 is 0 Å². The fraction of sp³-hybridized carbons (Fsp3) is 0.500. The summed E-state index contributed by atoms with van der Waals surface area (Å²) in [7, 11) is 0. The molecule has 0 N–H and O–H groups in total. The lowest BCUT2D eigenvalue weighted by atomic mass is 10.0. The highest BCUT2D eigenvalue weighted by Gasteiger charge is 2.44. The van der Waals surface area contributed by atoms with Gasteiger partial charge in [-0.05, 0) is 25.8 Å². The molecule has 0 radical (unpaired) electrons. The van der Waals surface area contributed by atoms with Crippen molar-refractivity contribution in [2.45, 2.75) is 31.7 Å². The minimum Gasteiger partial charge on any atom is -0.268 e. The summed E-state index contributed by atoms with van der Waals surface area (Å²) in [5, 5.41) is 4.21. The maximum atomic E-state index is 5.49. The fourth-order valence-electron chi connectivity index (χ4n) is 1.59. The van der Waals surface area contributed by atoms with Crippen LogP contribution >= 0.6 is 0 Å². The van der Waals surface area contributed by atoms with Crippen LogP contribution in [-0.4, -0.2) is 9.78 Å². The molecule has 1 aliphatic rings. The van der Waals surface area contributed by atoms with Crippen molar-refractivity contribution in [3.63, 3.8) is 0 Å². The summed E-state index contributed by atoms with van der Waals surface area (Å²) in [6.07, 6.45) is 9.56. The number of terminal acetylenes is 1. The predicted octanol–water partition coefficient (Wildman–Crippen LogP) is 1.57. The Morgan fingerprint density at radius 3 is 3.00 bits per heavy atom. The van der Waals surface area contributed by atoms with E-state index in [0.717, 1.165) is 19.4 Å². The second kappa shape index (κ2) is 2.38. The average molecular weight is 160 g/mol. The Morgan fingerprint density at radius 1 is 1.75 bits per heavy atom. The van der Waals surface area contributed by atoms with Crippen molar-refractivity contribution >= 4 is 0 Å². The molecule has 0 saturated heterocycles. The molecule has 2 heteroatoms. The zero-order valence-electron chi connectivity index (χ0n) is 7.25. The monoisotopic (exact) mass is 160 g/mol. The van der Waals surface area contributed by atoms with E-state index >= 15 is 0 Å². The molecule has 12 heavy (non-hydrogen) atoms. The number of nitrogens with zero attached hydrogens (tertiary/aromatic N) is 2. The lowest BCUT2D eigenvalue weighted by molar-refractivity contribution is 0.602. The molecule has 0 spiro atoms. The van der Waals surface area contributed by atoms with E-state index in [1.54, 1.807) is 0 Å². The first-order chi connectivity index (χ1) is 5.82. The second-order valence-corrected chi connectivity index (χ2v) is 3.26. The van der Waals surface area contributed by atoms with Gasteiger partial charge in [-0.15, -0.1) is 6.42 Å². The molecule has 1 heterocycles. The van der Waals surface area contributed by atoms with Crippen LogP contribution in [0.25, 0.3) is 0 Å². The summed E-state index contributed by atoms with van der Waals surface area (Å²) >= 11 is 0. The molecule has 1 aromatic rings. The molecule has 0 amide bonds. The van der Waals surface area contributed by atoms with Crippen LogP contribution in [0.4, 0.5) is 0 Å². The van der Waals surface area contributed by atoms with Gasteiger partial charge < -0.3 is 0 Å². The maximum absolute atomic E-state index is 5.49. The van der Waals surface area contributed by atoms with E-state index in [4.69, 9.17) is 6.42 Å². The topological polar surface area (TPSA) is 17.8 Å². The first kappa shape index (κ1) is 7.42. The molecule has 1 saturated carbocycles. The van der Waals surface area contributed by atoms with Crippen LogP contribution in [0.3, 0.4) is 0 Å². The number of aromatic nitrogens is 2. The number of aryl methyl sites for hydroxylation is 1. The summed E-state index contributed by atoms with van der Waals surface area (Å²) < 4.78 is 1.99. The predicted molar refractivity (Wildman–Crippen MR) is 47.6 cm³/mol. The lowest BCUT2D eigenvalue weighted by Crippen LogP contribution is -2.11. The van der Waals surface area contributed by atoms with Crippen molar-refractivity contribution in [1.82, 2.24) is 9.78 Å². The normalized spacial score (nSPS) is 18.7. The Kier molecular flexibility index (Phi) is 1.47. The Balaban J connectivity index is 2.41. The number of hydrogen-bond acceptors (Lipinski definition) is 1. The SMILES string of the molecule is C#CC1(c2ccnn2CC)CC1. The minimum absolute atomic E-state index is 0.0342. The van der Waals surface area contributed by atoms with E-state index in [1.807, 2.05) is 16.9 Å². The van der Waals surface area contributed by atoms with E-state index in [0.29, 0.717) is 0 Å². The van der Waals surface area contributed by atoms with E-state index in [2.05, 4.69) is 17.9 Å². The van der Waals surface area contributed by atoms with Crippen LogP contribution in [0.15, 0.2) is 12.3 Å². The van der Waals surface area contributed by atoms with Gasteiger partial charge in [0.15, 0.2) is 0 Å². The highest BCUT2D eigenvalue weighted by atomic mass is 15.3. The van der Waals surface area contributed by atoms with Gasteiger partial charge in [0, 0.05) is 12.7 Å². The zero-order valence-corrected chi connectivity index (χ0v) is 7.25. The zero-order chi connectivity index (χ0) is 8.60. The van der Waals surface area contributed by atoms with Gasteiger partial charge in [0.25, 0.3) is 0 Å². The van der Waals surface area contributed by atoms with Crippen molar-refractivity contribution in [2.75, 3.05) is 0 Å². The highest BCUT2D eigenvalue weighted by molar-refractivity contribution is 5.36. The lowest BCUT2D eigenvalue weighted by Gasteiger charge is -2.09. The molecule has 0 aliphatic heterocycles. The first-order valence-electron chi connectivity index (χ1n) is 4.32. The second-order valence-electron chi connectivity index (χ2n) is 3.26. The molecular formula is C10H12N2. The number of hydrogen-bond donors (Lipinski definition) is 0. The van der Waals surface area contributed by atoms with Crippen molar-refractivity contribution in [2.24, 2.45) is 0 Å². The average Bonchev–Trinajstić information content (AvgIpc) is 2.76. The third-order valence-electron chi connectivity index (χ3n) is 2.53. The molecule has 1 fully saturated rings. The van der Waals surface area contributed by atoms with Crippen LogP contribution in [0.1, 0.15) is 25.5 Å². The molecule has 62 valence electrons.